The number of anilines is 1. The second kappa shape index (κ2) is 5.75. The molecule has 1 heterocycles. The number of ether oxygens (including phenoxy) is 2. The first-order chi connectivity index (χ1) is 10.3. The van der Waals surface area contributed by atoms with Gasteiger partial charge in [0.25, 0.3) is 0 Å². The highest BCUT2D eigenvalue weighted by Gasteiger charge is 2.16. The molecule has 0 spiro atoms. The molecule has 0 radical (unpaired) electrons. The molecule has 0 aliphatic carbocycles. The van der Waals surface area contributed by atoms with Gasteiger partial charge in [-0.3, -0.25) is 0 Å². The van der Waals surface area contributed by atoms with Crippen molar-refractivity contribution in [1.29, 1.82) is 0 Å². The van der Waals surface area contributed by atoms with E-state index in [1.807, 2.05) is 18.2 Å². The lowest BCUT2D eigenvalue weighted by atomic mass is 10.1. The largest absolute Gasteiger partial charge is 0.486 e. The van der Waals surface area contributed by atoms with Crippen LogP contribution in [0.25, 0.3) is 0 Å². The van der Waals surface area contributed by atoms with Crippen molar-refractivity contribution in [2.75, 3.05) is 18.5 Å². The number of fused-ring (bicyclic) bond motifs is 1. The predicted molar refractivity (Wildman–Crippen MR) is 78.2 cm³/mol. The highest BCUT2D eigenvalue weighted by molar-refractivity contribution is 5.94. The number of nitrogens with one attached hydrogen (secondary N) is 1. The minimum Gasteiger partial charge on any atom is -0.486 e. The molecular formula is C16H15NO4. The maximum Gasteiger partial charge on any atom is 0.337 e. The van der Waals surface area contributed by atoms with Gasteiger partial charge in [-0.25, -0.2) is 4.79 Å². The second-order valence-corrected chi connectivity index (χ2v) is 4.65. The first-order valence-corrected chi connectivity index (χ1v) is 6.69. The zero-order valence-corrected chi connectivity index (χ0v) is 11.3. The van der Waals surface area contributed by atoms with Gasteiger partial charge >= 0.3 is 5.97 Å². The Bertz CT molecular complexity index is 669. The number of carbonyl (C=O) groups is 1. The number of hydrogen-bond acceptors (Lipinski definition) is 4. The van der Waals surface area contributed by atoms with E-state index in [-0.39, 0.29) is 5.56 Å². The quantitative estimate of drug-likeness (QED) is 0.904. The molecule has 5 nitrogen and oxygen atoms in total. The van der Waals surface area contributed by atoms with Crippen LogP contribution in [0.5, 0.6) is 11.5 Å². The first kappa shape index (κ1) is 13.3. The van der Waals surface area contributed by atoms with Crippen LogP contribution in [0.3, 0.4) is 0 Å². The molecule has 0 amide bonds. The minimum atomic E-state index is -0.951. The number of para-hydroxylation sites is 2. The number of hydrogen-bond donors (Lipinski definition) is 2. The van der Waals surface area contributed by atoms with E-state index in [9.17, 15) is 9.90 Å². The van der Waals surface area contributed by atoms with E-state index < -0.39 is 5.97 Å². The monoisotopic (exact) mass is 285 g/mol. The lowest BCUT2D eigenvalue weighted by molar-refractivity contribution is 0.0698. The fraction of sp³-hybridized carbons (Fsp3) is 0.188. The molecule has 0 aromatic heterocycles. The van der Waals surface area contributed by atoms with Gasteiger partial charge in [0.15, 0.2) is 11.5 Å². The van der Waals surface area contributed by atoms with Gasteiger partial charge in [0.1, 0.15) is 13.2 Å². The number of rotatable bonds is 4. The van der Waals surface area contributed by atoms with Crippen molar-refractivity contribution in [1.82, 2.24) is 0 Å². The Kier molecular flexibility index (Phi) is 3.64. The smallest absolute Gasteiger partial charge is 0.337 e. The highest BCUT2D eigenvalue weighted by atomic mass is 16.6. The van der Waals surface area contributed by atoms with Crippen LogP contribution >= 0.6 is 0 Å². The lowest BCUT2D eigenvalue weighted by Crippen LogP contribution is -2.17. The van der Waals surface area contributed by atoms with Crippen LogP contribution in [0.15, 0.2) is 42.5 Å². The Morgan fingerprint density at radius 1 is 1.10 bits per heavy atom. The summed E-state index contributed by atoms with van der Waals surface area (Å²) in [6.07, 6.45) is 0. The topological polar surface area (TPSA) is 67.8 Å². The Morgan fingerprint density at radius 3 is 2.76 bits per heavy atom. The molecule has 2 aromatic rings. The van der Waals surface area contributed by atoms with Gasteiger partial charge in [0.05, 0.1) is 5.56 Å². The number of carboxylic acids is 1. The Morgan fingerprint density at radius 2 is 1.90 bits per heavy atom. The molecule has 2 N–H and O–H groups in total. The van der Waals surface area contributed by atoms with Gasteiger partial charge in [-0.05, 0) is 18.2 Å². The van der Waals surface area contributed by atoms with Crippen molar-refractivity contribution in [3.05, 3.63) is 53.6 Å². The fourth-order valence-corrected chi connectivity index (χ4v) is 2.29. The fourth-order valence-electron chi connectivity index (χ4n) is 2.29. The van der Waals surface area contributed by atoms with E-state index in [2.05, 4.69) is 5.32 Å². The second-order valence-electron chi connectivity index (χ2n) is 4.65. The zero-order chi connectivity index (χ0) is 14.7. The Labute approximate surface area is 122 Å². The van der Waals surface area contributed by atoms with Crippen LogP contribution in [0.1, 0.15) is 15.9 Å². The molecule has 5 heteroatoms. The number of aromatic carboxylic acids is 1. The standard InChI is InChI=1S/C16H15NO4/c18-16(19)12-5-1-2-6-13(12)17-10-11-4-3-7-14-15(11)21-9-8-20-14/h1-7,17H,8-10H2,(H,18,19). The van der Waals surface area contributed by atoms with Crippen LogP contribution in [0, 0.1) is 0 Å². The van der Waals surface area contributed by atoms with Crippen LogP contribution < -0.4 is 14.8 Å². The SMILES string of the molecule is O=C(O)c1ccccc1NCc1cccc2c1OCCO2. The van der Waals surface area contributed by atoms with Crippen molar-refractivity contribution in [2.24, 2.45) is 0 Å². The third-order valence-electron chi connectivity index (χ3n) is 3.27. The third kappa shape index (κ3) is 2.76. The summed E-state index contributed by atoms with van der Waals surface area (Å²) in [5.74, 6) is 0.504. The van der Waals surface area contributed by atoms with Gasteiger partial charge in [0.2, 0.25) is 0 Å². The van der Waals surface area contributed by atoms with Crippen molar-refractivity contribution in [2.45, 2.75) is 6.54 Å². The molecular weight excluding hydrogens is 270 g/mol. The van der Waals surface area contributed by atoms with Crippen LogP contribution in [-0.4, -0.2) is 24.3 Å². The molecule has 0 atom stereocenters. The molecule has 2 aromatic carbocycles. The molecule has 1 aliphatic heterocycles. The van der Waals surface area contributed by atoms with E-state index >= 15 is 0 Å². The summed E-state index contributed by atoms with van der Waals surface area (Å²) < 4.78 is 11.2. The van der Waals surface area contributed by atoms with Crippen LogP contribution in [0.2, 0.25) is 0 Å². The van der Waals surface area contributed by atoms with E-state index in [1.54, 1.807) is 24.3 Å². The van der Waals surface area contributed by atoms with Gasteiger partial charge in [-0.1, -0.05) is 24.3 Å². The summed E-state index contributed by atoms with van der Waals surface area (Å²) in [4.78, 5) is 11.2. The number of carboxylic acid groups (broad SMARTS) is 1. The molecule has 0 fully saturated rings. The van der Waals surface area contributed by atoms with Crippen molar-refractivity contribution in [3.63, 3.8) is 0 Å². The Balaban J connectivity index is 1.81. The van der Waals surface area contributed by atoms with Gasteiger partial charge in [-0.2, -0.15) is 0 Å². The Hall–Kier alpha value is -2.69. The van der Waals surface area contributed by atoms with Gasteiger partial charge in [0, 0.05) is 17.8 Å². The van der Waals surface area contributed by atoms with Gasteiger partial charge < -0.3 is 19.9 Å². The molecule has 21 heavy (non-hydrogen) atoms. The molecule has 0 unspecified atom stereocenters. The normalized spacial score (nSPS) is 12.8. The molecule has 108 valence electrons. The maximum atomic E-state index is 11.2. The highest BCUT2D eigenvalue weighted by Crippen LogP contribution is 2.34. The summed E-state index contributed by atoms with van der Waals surface area (Å²) >= 11 is 0. The minimum absolute atomic E-state index is 0.250. The molecule has 3 rings (SSSR count). The molecule has 0 saturated carbocycles. The molecule has 0 bridgehead atoms. The van der Waals surface area contributed by atoms with E-state index in [0.717, 1.165) is 17.1 Å². The maximum absolute atomic E-state index is 11.2. The van der Waals surface area contributed by atoms with Crippen LogP contribution in [0.4, 0.5) is 5.69 Å². The average Bonchev–Trinajstić information content (AvgIpc) is 2.53. The summed E-state index contributed by atoms with van der Waals surface area (Å²) in [5.41, 5.74) is 1.77. The predicted octanol–water partition coefficient (Wildman–Crippen LogP) is 2.77. The lowest BCUT2D eigenvalue weighted by Gasteiger charge is -2.21. The average molecular weight is 285 g/mol. The summed E-state index contributed by atoms with van der Waals surface area (Å²) in [7, 11) is 0. The van der Waals surface area contributed by atoms with Crippen molar-refractivity contribution < 1.29 is 19.4 Å². The third-order valence-corrected chi connectivity index (χ3v) is 3.27. The van der Waals surface area contributed by atoms with E-state index in [0.29, 0.717) is 25.4 Å². The summed E-state index contributed by atoms with van der Waals surface area (Å²) in [6, 6.07) is 12.5. The van der Waals surface area contributed by atoms with Crippen LogP contribution in [-0.2, 0) is 6.54 Å². The van der Waals surface area contributed by atoms with E-state index in [1.165, 1.54) is 0 Å². The van der Waals surface area contributed by atoms with Crippen molar-refractivity contribution in [3.8, 4) is 11.5 Å². The zero-order valence-electron chi connectivity index (χ0n) is 11.3. The number of benzene rings is 2. The van der Waals surface area contributed by atoms with Crippen molar-refractivity contribution >= 4 is 11.7 Å². The summed E-state index contributed by atoms with van der Waals surface area (Å²) in [5, 5.41) is 12.3. The van der Waals surface area contributed by atoms with E-state index in [4.69, 9.17) is 9.47 Å². The molecule has 1 aliphatic rings. The molecule has 0 saturated heterocycles. The summed E-state index contributed by atoms with van der Waals surface area (Å²) in [6.45, 7) is 1.54. The first-order valence-electron chi connectivity index (χ1n) is 6.69. The van der Waals surface area contributed by atoms with Gasteiger partial charge in [-0.15, -0.1) is 0 Å².